The molecule has 1 aliphatic rings. The summed E-state index contributed by atoms with van der Waals surface area (Å²) >= 11 is 0. The monoisotopic (exact) mass is 328 g/mol. The van der Waals surface area contributed by atoms with Crippen LogP contribution in [0.15, 0.2) is 48.5 Å². The van der Waals surface area contributed by atoms with Crippen molar-refractivity contribution in [2.24, 2.45) is 0 Å². The van der Waals surface area contributed by atoms with Crippen LogP contribution in [0.3, 0.4) is 0 Å². The van der Waals surface area contributed by atoms with Crippen LogP contribution in [-0.2, 0) is 16.1 Å². The quantitative estimate of drug-likeness (QED) is 0.830. The first-order chi connectivity index (χ1) is 11.6. The molecule has 1 aliphatic carbocycles. The summed E-state index contributed by atoms with van der Waals surface area (Å²) in [5.41, 5.74) is 5.90. The van der Waals surface area contributed by atoms with Crippen LogP contribution in [0.25, 0.3) is 0 Å². The second-order valence-corrected chi connectivity index (χ2v) is 6.11. The summed E-state index contributed by atoms with van der Waals surface area (Å²) in [7, 11) is 1.46. The van der Waals surface area contributed by atoms with Gasteiger partial charge in [-0.05, 0) is 35.2 Å². The van der Waals surface area contributed by atoms with Crippen LogP contribution in [0.2, 0.25) is 0 Å². The highest BCUT2D eigenvalue weighted by Crippen LogP contribution is 2.33. The normalized spacial score (nSPS) is 20.5. The van der Waals surface area contributed by atoms with Gasteiger partial charge in [-0.1, -0.05) is 43.3 Å². The van der Waals surface area contributed by atoms with Gasteiger partial charge in [0.25, 0.3) is 0 Å². The Kier molecular flexibility index (Phi) is 4.92. The highest BCUT2D eigenvalue weighted by Gasteiger charge is 2.32. The fourth-order valence-electron chi connectivity index (χ4n) is 3.28. The first-order valence-corrected chi connectivity index (χ1v) is 8.02. The number of benzene rings is 2. The van der Waals surface area contributed by atoms with Gasteiger partial charge in [0.2, 0.25) is 5.91 Å². The molecule has 2 aromatic carbocycles. The zero-order valence-electron chi connectivity index (χ0n) is 13.8. The van der Waals surface area contributed by atoms with Crippen molar-refractivity contribution >= 4 is 5.91 Å². The van der Waals surface area contributed by atoms with Gasteiger partial charge in [-0.3, -0.25) is 4.79 Å². The van der Waals surface area contributed by atoms with Gasteiger partial charge in [0.15, 0.2) is 0 Å². The first-order valence-electron chi connectivity index (χ1n) is 8.02. The third-order valence-corrected chi connectivity index (χ3v) is 4.62. The lowest BCUT2D eigenvalue weighted by Crippen LogP contribution is -2.43. The Morgan fingerprint density at radius 3 is 2.58 bits per heavy atom. The Balaban J connectivity index is 1.74. The number of hydrogen-bond acceptors (Lipinski definition) is 3. The fourth-order valence-corrected chi connectivity index (χ4v) is 3.28. The van der Waals surface area contributed by atoms with E-state index in [1.165, 1.54) is 30.4 Å². The molecule has 0 heterocycles. The van der Waals surface area contributed by atoms with E-state index in [1.807, 2.05) is 12.1 Å². The SMILES string of the molecule is CONC(C(=O)NC1Cc2ccccc2C1C)c1ccc(F)cc1. The molecule has 0 bridgehead atoms. The molecule has 0 radical (unpaired) electrons. The Hall–Kier alpha value is -2.24. The number of carbonyl (C=O) groups is 1. The highest BCUT2D eigenvalue weighted by atomic mass is 19.1. The minimum absolute atomic E-state index is 0.0384. The molecule has 4 nitrogen and oxygen atoms in total. The van der Waals surface area contributed by atoms with Crippen molar-refractivity contribution in [2.45, 2.75) is 31.3 Å². The van der Waals surface area contributed by atoms with Crippen molar-refractivity contribution in [3.8, 4) is 0 Å². The molecule has 2 N–H and O–H groups in total. The lowest BCUT2D eigenvalue weighted by molar-refractivity contribution is -0.127. The highest BCUT2D eigenvalue weighted by molar-refractivity contribution is 5.83. The summed E-state index contributed by atoms with van der Waals surface area (Å²) in [4.78, 5) is 17.7. The summed E-state index contributed by atoms with van der Waals surface area (Å²) < 4.78 is 13.1. The number of hydroxylamine groups is 1. The van der Waals surface area contributed by atoms with E-state index in [0.717, 1.165) is 6.42 Å². The molecule has 24 heavy (non-hydrogen) atoms. The molecule has 0 saturated heterocycles. The summed E-state index contributed by atoms with van der Waals surface area (Å²) in [6, 6.07) is 13.4. The number of carbonyl (C=O) groups excluding carboxylic acids is 1. The summed E-state index contributed by atoms with van der Waals surface area (Å²) in [6.45, 7) is 2.12. The van der Waals surface area contributed by atoms with Crippen LogP contribution in [0.4, 0.5) is 4.39 Å². The fraction of sp³-hybridized carbons (Fsp3) is 0.316. The molecule has 3 rings (SSSR count). The van der Waals surface area contributed by atoms with E-state index in [0.29, 0.717) is 5.56 Å². The van der Waals surface area contributed by atoms with Crippen LogP contribution in [0.5, 0.6) is 0 Å². The van der Waals surface area contributed by atoms with Gasteiger partial charge >= 0.3 is 0 Å². The topological polar surface area (TPSA) is 50.4 Å². The minimum Gasteiger partial charge on any atom is -0.351 e. The largest absolute Gasteiger partial charge is 0.351 e. The third kappa shape index (κ3) is 3.32. The number of hydrogen-bond donors (Lipinski definition) is 2. The summed E-state index contributed by atoms with van der Waals surface area (Å²) in [5, 5.41) is 3.10. The lowest BCUT2D eigenvalue weighted by Gasteiger charge is -2.23. The smallest absolute Gasteiger partial charge is 0.244 e. The van der Waals surface area contributed by atoms with Crippen molar-refractivity contribution in [3.63, 3.8) is 0 Å². The molecule has 0 fully saturated rings. The standard InChI is InChI=1S/C19H21FN2O2/c1-12-16-6-4-3-5-14(16)11-17(12)21-19(23)18(22-24-2)13-7-9-15(20)10-8-13/h3-10,12,17-18,22H,11H2,1-2H3,(H,21,23). The van der Waals surface area contributed by atoms with Crippen molar-refractivity contribution < 1.29 is 14.0 Å². The van der Waals surface area contributed by atoms with E-state index in [4.69, 9.17) is 4.84 Å². The zero-order chi connectivity index (χ0) is 17.1. The average Bonchev–Trinajstić information content (AvgIpc) is 2.90. The van der Waals surface area contributed by atoms with Crippen LogP contribution >= 0.6 is 0 Å². The van der Waals surface area contributed by atoms with E-state index < -0.39 is 6.04 Å². The number of amides is 1. The molecular weight excluding hydrogens is 307 g/mol. The Morgan fingerprint density at radius 1 is 1.21 bits per heavy atom. The lowest BCUT2D eigenvalue weighted by atomic mass is 10.00. The predicted molar refractivity (Wildman–Crippen MR) is 89.8 cm³/mol. The van der Waals surface area contributed by atoms with Crippen molar-refractivity contribution in [3.05, 3.63) is 71.0 Å². The number of halogens is 1. The molecule has 1 amide bonds. The van der Waals surface area contributed by atoms with Crippen LogP contribution < -0.4 is 10.8 Å². The van der Waals surface area contributed by atoms with E-state index in [-0.39, 0.29) is 23.7 Å². The van der Waals surface area contributed by atoms with E-state index in [2.05, 4.69) is 29.9 Å². The predicted octanol–water partition coefficient (Wildman–Crippen LogP) is 2.86. The molecule has 0 spiro atoms. The Labute approximate surface area is 141 Å². The number of nitrogens with one attached hydrogen (secondary N) is 2. The number of rotatable bonds is 5. The molecular formula is C19H21FN2O2. The van der Waals surface area contributed by atoms with Gasteiger partial charge in [-0.25, -0.2) is 4.39 Å². The molecule has 3 unspecified atom stereocenters. The van der Waals surface area contributed by atoms with E-state index in [9.17, 15) is 9.18 Å². The van der Waals surface area contributed by atoms with Crippen molar-refractivity contribution in [1.82, 2.24) is 10.8 Å². The van der Waals surface area contributed by atoms with Gasteiger partial charge in [0.1, 0.15) is 11.9 Å². The van der Waals surface area contributed by atoms with E-state index in [1.54, 1.807) is 12.1 Å². The van der Waals surface area contributed by atoms with Crippen LogP contribution in [0, 0.1) is 5.82 Å². The van der Waals surface area contributed by atoms with Gasteiger partial charge in [-0.2, -0.15) is 5.48 Å². The minimum atomic E-state index is -0.688. The van der Waals surface area contributed by atoms with Gasteiger partial charge in [-0.15, -0.1) is 0 Å². The Morgan fingerprint density at radius 2 is 1.92 bits per heavy atom. The molecule has 126 valence electrons. The molecule has 0 aliphatic heterocycles. The maximum atomic E-state index is 13.1. The summed E-state index contributed by atoms with van der Waals surface area (Å²) in [5.74, 6) is -0.273. The molecule has 0 aromatic heterocycles. The third-order valence-electron chi connectivity index (χ3n) is 4.62. The Bertz CT molecular complexity index is 718. The van der Waals surface area contributed by atoms with Crippen LogP contribution in [-0.4, -0.2) is 19.1 Å². The second kappa shape index (κ2) is 7.11. The molecule has 0 saturated carbocycles. The van der Waals surface area contributed by atoms with Crippen LogP contribution in [0.1, 0.15) is 35.6 Å². The first kappa shape index (κ1) is 16.6. The maximum Gasteiger partial charge on any atom is 0.244 e. The van der Waals surface area contributed by atoms with Crippen molar-refractivity contribution in [1.29, 1.82) is 0 Å². The molecule has 3 atom stereocenters. The van der Waals surface area contributed by atoms with Gasteiger partial charge < -0.3 is 10.2 Å². The zero-order valence-corrected chi connectivity index (χ0v) is 13.8. The van der Waals surface area contributed by atoms with Crippen molar-refractivity contribution in [2.75, 3.05) is 7.11 Å². The summed E-state index contributed by atoms with van der Waals surface area (Å²) in [6.07, 6.45) is 0.812. The van der Waals surface area contributed by atoms with E-state index >= 15 is 0 Å². The maximum absolute atomic E-state index is 13.1. The average molecular weight is 328 g/mol. The van der Waals surface area contributed by atoms with Gasteiger partial charge in [0.05, 0.1) is 7.11 Å². The molecule has 2 aromatic rings. The van der Waals surface area contributed by atoms with Gasteiger partial charge in [0, 0.05) is 12.0 Å². The molecule has 5 heteroatoms. The number of fused-ring (bicyclic) bond motifs is 1. The second-order valence-electron chi connectivity index (χ2n) is 6.11.